The fourth-order valence-corrected chi connectivity index (χ4v) is 5.19. The van der Waals surface area contributed by atoms with E-state index >= 15 is 0 Å². The lowest BCUT2D eigenvalue weighted by Gasteiger charge is -2.49. The lowest BCUT2D eigenvalue weighted by molar-refractivity contribution is -0.157. The Bertz CT molecular complexity index is 1020. The molecule has 2 atom stereocenters. The number of aliphatic carboxylic acids is 1. The summed E-state index contributed by atoms with van der Waals surface area (Å²) in [7, 11) is 0. The Balaban J connectivity index is 1.74. The number of nitrogens with one attached hydrogen (secondary N) is 1. The van der Waals surface area contributed by atoms with E-state index in [0.717, 1.165) is 4.90 Å². The number of ether oxygens (including phenoxy) is 2. The number of carboxylic acid groups (broad SMARTS) is 1. The van der Waals surface area contributed by atoms with Crippen LogP contribution >= 0.6 is 11.8 Å². The minimum atomic E-state index is -1.30. The maximum absolute atomic E-state index is 12.8. The quantitative estimate of drug-likeness (QED) is 0.321. The summed E-state index contributed by atoms with van der Waals surface area (Å²) < 4.78 is 10.5. The monoisotopic (exact) mass is 509 g/mol. The van der Waals surface area contributed by atoms with Gasteiger partial charge < -0.3 is 24.8 Å². The summed E-state index contributed by atoms with van der Waals surface area (Å²) in [6, 6.07) is -0.907. The predicted octanol–water partition coefficient (Wildman–Crippen LogP) is 1.63. The van der Waals surface area contributed by atoms with Crippen molar-refractivity contribution in [3.05, 3.63) is 22.9 Å². The van der Waals surface area contributed by atoms with Crippen LogP contribution in [0.1, 0.15) is 48.0 Å². The van der Waals surface area contributed by atoms with Crippen LogP contribution in [0.15, 0.2) is 22.9 Å². The number of fused-ring (bicyclic) bond motifs is 1. The number of thioether (sulfide) groups is 1. The molecule has 12 heteroatoms. The molecule has 2 saturated heterocycles. The summed E-state index contributed by atoms with van der Waals surface area (Å²) in [6.45, 7) is 10.4. The van der Waals surface area contributed by atoms with Crippen LogP contribution in [0.3, 0.4) is 0 Å². The molecule has 0 aromatic rings. The van der Waals surface area contributed by atoms with Gasteiger partial charge in [-0.3, -0.25) is 19.3 Å². The Labute approximate surface area is 207 Å². The van der Waals surface area contributed by atoms with Crippen molar-refractivity contribution >= 4 is 41.6 Å². The molecule has 0 radical (unpaired) electrons. The number of esters is 1. The van der Waals surface area contributed by atoms with Gasteiger partial charge in [0.15, 0.2) is 0 Å². The van der Waals surface area contributed by atoms with E-state index in [1.165, 1.54) is 22.7 Å². The highest BCUT2D eigenvalue weighted by Gasteiger charge is 2.54. The summed E-state index contributed by atoms with van der Waals surface area (Å²) in [5.41, 5.74) is -0.947. The van der Waals surface area contributed by atoms with Gasteiger partial charge in [-0.05, 0) is 59.6 Å². The van der Waals surface area contributed by atoms with E-state index in [1.54, 1.807) is 41.5 Å². The van der Waals surface area contributed by atoms with Crippen LogP contribution in [-0.4, -0.2) is 86.2 Å². The SMILES string of the molecule is CC(C)(C)OC(=O)CN1CC/C(=C\C2=C(C(=O)O)N3C(=O)[C@@H](NC(=O)OC(C)(C)C)[C@H]3SC2)C1=O. The van der Waals surface area contributed by atoms with Crippen molar-refractivity contribution in [3.63, 3.8) is 0 Å². The van der Waals surface area contributed by atoms with Crippen molar-refractivity contribution < 1.29 is 38.6 Å². The first-order valence-corrected chi connectivity index (χ1v) is 12.2. The van der Waals surface area contributed by atoms with E-state index in [4.69, 9.17) is 9.47 Å². The Hall–Kier alpha value is -3.02. The third-order valence-electron chi connectivity index (χ3n) is 5.17. The highest BCUT2D eigenvalue weighted by atomic mass is 32.2. The number of rotatable bonds is 5. The molecule has 2 N–H and O–H groups in total. The van der Waals surface area contributed by atoms with Gasteiger partial charge in [-0.15, -0.1) is 11.8 Å². The number of carbonyl (C=O) groups excluding carboxylic acids is 4. The second kappa shape index (κ2) is 9.56. The summed E-state index contributed by atoms with van der Waals surface area (Å²) in [5, 5.41) is 11.7. The third-order valence-corrected chi connectivity index (χ3v) is 6.48. The smallest absolute Gasteiger partial charge is 0.408 e. The van der Waals surface area contributed by atoms with Crippen molar-refractivity contribution in [2.45, 2.75) is 70.6 Å². The molecule has 35 heavy (non-hydrogen) atoms. The summed E-state index contributed by atoms with van der Waals surface area (Å²) in [6.07, 6.45) is 1.07. The number of likely N-dealkylation sites (tertiary alicyclic amines) is 1. The first-order chi connectivity index (χ1) is 16.1. The van der Waals surface area contributed by atoms with E-state index < -0.39 is 46.6 Å². The molecule has 192 valence electrons. The molecule has 3 aliphatic heterocycles. The van der Waals surface area contributed by atoms with Gasteiger partial charge in [-0.1, -0.05) is 0 Å². The Morgan fingerprint density at radius 3 is 2.31 bits per heavy atom. The highest BCUT2D eigenvalue weighted by molar-refractivity contribution is 8.00. The van der Waals surface area contributed by atoms with Crippen molar-refractivity contribution in [2.24, 2.45) is 0 Å². The van der Waals surface area contributed by atoms with Crippen molar-refractivity contribution in [2.75, 3.05) is 18.8 Å². The average Bonchev–Trinajstić information content (AvgIpc) is 3.02. The molecule has 0 aliphatic carbocycles. The molecule has 3 heterocycles. The molecule has 0 aromatic carbocycles. The Morgan fingerprint density at radius 1 is 1.11 bits per heavy atom. The molecule has 0 bridgehead atoms. The molecule has 3 amide bonds. The topological polar surface area (TPSA) is 143 Å². The molecule has 11 nitrogen and oxygen atoms in total. The first-order valence-electron chi connectivity index (χ1n) is 11.2. The molecule has 0 aromatic heterocycles. The molecule has 0 saturated carbocycles. The molecule has 3 aliphatic rings. The van der Waals surface area contributed by atoms with Gasteiger partial charge in [0.1, 0.15) is 34.9 Å². The Morgan fingerprint density at radius 2 is 1.74 bits per heavy atom. The number of allylic oxidation sites excluding steroid dienone is 1. The molecular formula is C23H31N3O8S. The van der Waals surface area contributed by atoms with Gasteiger partial charge in [-0.25, -0.2) is 9.59 Å². The van der Waals surface area contributed by atoms with E-state index in [-0.39, 0.29) is 23.9 Å². The maximum Gasteiger partial charge on any atom is 0.408 e. The number of alkyl carbamates (subject to hydrolysis) is 1. The standard InChI is InChI=1S/C23H31N3O8S/c1-22(2,3)33-14(27)10-25-8-7-12(17(25)28)9-13-11-35-19-15(24-21(32)34-23(4,5)6)18(29)26(19)16(13)20(30)31/h9,15,19H,7-8,10-11H2,1-6H3,(H,24,32)(H,30,31)/b12-9+/t15-,19-/m1/s1. The second-order valence-electron chi connectivity index (χ2n) is 10.4. The predicted molar refractivity (Wildman–Crippen MR) is 126 cm³/mol. The number of nitrogens with zero attached hydrogens (tertiary/aromatic N) is 2. The molecule has 0 spiro atoms. The van der Waals surface area contributed by atoms with Gasteiger partial charge in [0, 0.05) is 17.9 Å². The van der Waals surface area contributed by atoms with Crippen molar-refractivity contribution in [1.29, 1.82) is 0 Å². The minimum absolute atomic E-state index is 0.197. The number of carboxylic acids is 1. The lowest BCUT2D eigenvalue weighted by Crippen LogP contribution is -2.70. The number of hydrogen-bond acceptors (Lipinski definition) is 8. The van der Waals surface area contributed by atoms with Crippen LogP contribution in [-0.2, 0) is 28.7 Å². The van der Waals surface area contributed by atoms with E-state index in [2.05, 4.69) is 5.32 Å². The van der Waals surface area contributed by atoms with Crippen molar-refractivity contribution in [1.82, 2.24) is 15.1 Å². The number of carbonyl (C=O) groups is 5. The van der Waals surface area contributed by atoms with Crippen LogP contribution in [0.25, 0.3) is 0 Å². The zero-order valence-corrected chi connectivity index (χ0v) is 21.5. The highest BCUT2D eigenvalue weighted by Crippen LogP contribution is 2.41. The maximum atomic E-state index is 12.8. The zero-order valence-electron chi connectivity index (χ0n) is 20.7. The van der Waals surface area contributed by atoms with Crippen LogP contribution in [0.4, 0.5) is 4.79 Å². The van der Waals surface area contributed by atoms with Crippen LogP contribution in [0.2, 0.25) is 0 Å². The summed E-state index contributed by atoms with van der Waals surface area (Å²) >= 11 is 1.29. The molecular weight excluding hydrogens is 478 g/mol. The normalized spacial score (nSPS) is 23.8. The van der Waals surface area contributed by atoms with Crippen LogP contribution in [0, 0.1) is 0 Å². The van der Waals surface area contributed by atoms with Crippen LogP contribution in [0.5, 0.6) is 0 Å². The fraction of sp³-hybridized carbons (Fsp3) is 0.609. The molecule has 2 fully saturated rings. The molecule has 3 rings (SSSR count). The van der Waals surface area contributed by atoms with Gasteiger partial charge in [0.05, 0.1) is 0 Å². The fourth-order valence-electron chi connectivity index (χ4n) is 3.88. The van der Waals surface area contributed by atoms with E-state index in [9.17, 15) is 29.1 Å². The Kier molecular flexibility index (Phi) is 7.26. The van der Waals surface area contributed by atoms with Gasteiger partial charge in [0.25, 0.3) is 5.91 Å². The number of β-lactam (4-membered cyclic amide) rings is 1. The van der Waals surface area contributed by atoms with Gasteiger partial charge >= 0.3 is 18.0 Å². The summed E-state index contributed by atoms with van der Waals surface area (Å²) in [5.74, 6) is -2.54. The van der Waals surface area contributed by atoms with Gasteiger partial charge in [0.2, 0.25) is 5.91 Å². The lowest BCUT2D eigenvalue weighted by atomic mass is 10.0. The zero-order chi connectivity index (χ0) is 26.3. The second-order valence-corrected chi connectivity index (χ2v) is 11.6. The van der Waals surface area contributed by atoms with Crippen molar-refractivity contribution in [3.8, 4) is 0 Å². The largest absolute Gasteiger partial charge is 0.477 e. The van der Waals surface area contributed by atoms with Gasteiger partial charge in [-0.2, -0.15) is 0 Å². The minimum Gasteiger partial charge on any atom is -0.477 e. The number of amides is 3. The third kappa shape index (κ3) is 6.16. The van der Waals surface area contributed by atoms with E-state index in [0.29, 0.717) is 24.1 Å². The molecule has 0 unspecified atom stereocenters. The first kappa shape index (κ1) is 26.6. The average molecular weight is 510 g/mol. The summed E-state index contributed by atoms with van der Waals surface area (Å²) in [4.78, 5) is 64.3. The van der Waals surface area contributed by atoms with Crippen LogP contribution < -0.4 is 5.32 Å². The van der Waals surface area contributed by atoms with E-state index in [1.807, 2.05) is 0 Å². The number of hydrogen-bond donors (Lipinski definition) is 2.